The molecule has 3 aromatic rings. The minimum absolute atomic E-state index is 0.00416. The second kappa shape index (κ2) is 14.7. The van der Waals surface area contributed by atoms with Crippen molar-refractivity contribution in [1.82, 2.24) is 10.2 Å². The molecule has 0 saturated heterocycles. The van der Waals surface area contributed by atoms with Gasteiger partial charge in [0.15, 0.2) is 0 Å². The van der Waals surface area contributed by atoms with Gasteiger partial charge >= 0.3 is 0 Å². The molecule has 1 unspecified atom stereocenters. The van der Waals surface area contributed by atoms with Gasteiger partial charge in [-0.05, 0) is 55.5 Å². The number of nitrogens with one attached hydrogen (secondary N) is 1. The fourth-order valence-corrected chi connectivity index (χ4v) is 6.23. The fourth-order valence-electron chi connectivity index (χ4n) is 4.35. The van der Waals surface area contributed by atoms with E-state index in [1.54, 1.807) is 24.3 Å². The highest BCUT2D eigenvalue weighted by molar-refractivity contribution is 7.92. The molecule has 1 atom stereocenters. The van der Waals surface area contributed by atoms with E-state index in [2.05, 4.69) is 5.32 Å². The van der Waals surface area contributed by atoms with E-state index >= 15 is 0 Å². The van der Waals surface area contributed by atoms with Crippen molar-refractivity contribution >= 4 is 50.7 Å². The first-order valence-electron chi connectivity index (χ1n) is 13.6. The Kier molecular flexibility index (Phi) is 11.6. The monoisotopic (exact) mass is 617 g/mol. The molecule has 220 valence electrons. The number of hydrogen-bond acceptors (Lipinski definition) is 4. The molecule has 3 rings (SSSR count). The lowest BCUT2D eigenvalue weighted by Crippen LogP contribution is -2.53. The van der Waals surface area contributed by atoms with Crippen LogP contribution in [0.5, 0.6) is 0 Å². The second-order valence-electron chi connectivity index (χ2n) is 10.3. The summed E-state index contributed by atoms with van der Waals surface area (Å²) in [4.78, 5) is 28.8. The van der Waals surface area contributed by atoms with Gasteiger partial charge < -0.3 is 10.2 Å². The maximum Gasteiger partial charge on any atom is 0.264 e. The number of halogens is 2. The number of aryl methyl sites for hydroxylation is 1. The van der Waals surface area contributed by atoms with Crippen LogP contribution in [-0.4, -0.2) is 50.8 Å². The highest BCUT2D eigenvalue weighted by Gasteiger charge is 2.34. The third-order valence-corrected chi connectivity index (χ3v) is 9.23. The maximum absolute atomic E-state index is 14.1. The summed E-state index contributed by atoms with van der Waals surface area (Å²) in [5.41, 5.74) is 1.95. The van der Waals surface area contributed by atoms with Gasteiger partial charge in [-0.25, -0.2) is 8.42 Å². The van der Waals surface area contributed by atoms with Gasteiger partial charge in [-0.1, -0.05) is 98.1 Å². The summed E-state index contributed by atoms with van der Waals surface area (Å²) in [5.74, 6) is -0.583. The maximum atomic E-state index is 14.1. The molecule has 0 aromatic heterocycles. The lowest BCUT2D eigenvalue weighted by atomic mass is 10.1. The van der Waals surface area contributed by atoms with Crippen LogP contribution in [0.15, 0.2) is 77.7 Å². The van der Waals surface area contributed by atoms with Crippen molar-refractivity contribution in [3.05, 3.63) is 94.0 Å². The number of amides is 2. The van der Waals surface area contributed by atoms with Crippen LogP contribution in [0.1, 0.15) is 38.3 Å². The van der Waals surface area contributed by atoms with Crippen molar-refractivity contribution < 1.29 is 18.0 Å². The number of rotatable bonds is 13. The molecule has 7 nitrogen and oxygen atoms in total. The zero-order valence-corrected chi connectivity index (χ0v) is 26.1. The van der Waals surface area contributed by atoms with Gasteiger partial charge in [0.05, 0.1) is 20.6 Å². The van der Waals surface area contributed by atoms with Crippen LogP contribution >= 0.6 is 23.2 Å². The number of carbonyl (C=O) groups is 2. The number of hydrogen-bond donors (Lipinski definition) is 1. The third-order valence-electron chi connectivity index (χ3n) is 6.64. The third kappa shape index (κ3) is 8.47. The van der Waals surface area contributed by atoms with Crippen molar-refractivity contribution in [2.45, 2.75) is 51.5 Å². The minimum atomic E-state index is -4.24. The highest BCUT2D eigenvalue weighted by Crippen LogP contribution is 2.35. The summed E-state index contributed by atoms with van der Waals surface area (Å²) in [6.07, 6.45) is 0.844. The largest absolute Gasteiger partial charge is 0.354 e. The first kappa shape index (κ1) is 32.4. The van der Waals surface area contributed by atoms with Crippen molar-refractivity contribution in [1.29, 1.82) is 0 Å². The van der Waals surface area contributed by atoms with E-state index in [0.29, 0.717) is 19.4 Å². The molecule has 0 aliphatic heterocycles. The van der Waals surface area contributed by atoms with Gasteiger partial charge in [0.1, 0.15) is 12.6 Å². The van der Waals surface area contributed by atoms with Crippen LogP contribution in [0, 0.1) is 12.8 Å². The summed E-state index contributed by atoms with van der Waals surface area (Å²) in [7, 11) is -4.24. The molecule has 0 aliphatic rings. The molecule has 41 heavy (non-hydrogen) atoms. The van der Waals surface area contributed by atoms with E-state index in [1.807, 2.05) is 58.0 Å². The Morgan fingerprint density at radius 2 is 1.59 bits per heavy atom. The zero-order chi connectivity index (χ0) is 30.2. The van der Waals surface area contributed by atoms with E-state index in [9.17, 15) is 18.0 Å². The second-order valence-corrected chi connectivity index (χ2v) is 12.9. The minimum Gasteiger partial charge on any atom is -0.354 e. The van der Waals surface area contributed by atoms with E-state index in [4.69, 9.17) is 23.2 Å². The number of anilines is 1. The summed E-state index contributed by atoms with van der Waals surface area (Å²) in [6, 6.07) is 19.8. The average molecular weight is 619 g/mol. The van der Waals surface area contributed by atoms with Crippen LogP contribution in [0.25, 0.3) is 0 Å². The summed E-state index contributed by atoms with van der Waals surface area (Å²) in [6.45, 7) is 7.77. The van der Waals surface area contributed by atoms with Crippen molar-refractivity contribution in [2.75, 3.05) is 23.9 Å². The molecule has 10 heteroatoms. The Morgan fingerprint density at radius 3 is 2.20 bits per heavy atom. The number of nitrogens with zero attached hydrogens (tertiary/aromatic N) is 2. The molecule has 0 spiro atoms. The zero-order valence-electron chi connectivity index (χ0n) is 23.8. The quantitative estimate of drug-likeness (QED) is 0.250. The predicted octanol–water partition coefficient (Wildman–Crippen LogP) is 6.12. The van der Waals surface area contributed by atoms with Crippen molar-refractivity contribution in [2.24, 2.45) is 5.92 Å². The molecule has 0 saturated carbocycles. The normalized spacial score (nSPS) is 12.2. The molecule has 1 N–H and O–H groups in total. The van der Waals surface area contributed by atoms with Crippen LogP contribution in [0.2, 0.25) is 10.0 Å². The van der Waals surface area contributed by atoms with Crippen LogP contribution < -0.4 is 9.62 Å². The van der Waals surface area contributed by atoms with E-state index < -0.39 is 28.5 Å². The molecule has 0 aliphatic carbocycles. The molecule has 0 fully saturated rings. The van der Waals surface area contributed by atoms with Crippen molar-refractivity contribution in [3.8, 4) is 0 Å². The van der Waals surface area contributed by atoms with E-state index in [1.165, 1.54) is 23.1 Å². The lowest BCUT2D eigenvalue weighted by molar-refractivity contribution is -0.139. The van der Waals surface area contributed by atoms with Crippen LogP contribution in [0.4, 0.5) is 5.69 Å². The van der Waals surface area contributed by atoms with E-state index in [-0.39, 0.29) is 39.0 Å². The number of benzene rings is 3. The Balaban J connectivity index is 2.04. The first-order valence-corrected chi connectivity index (χ1v) is 15.8. The Bertz CT molecular complexity index is 1430. The highest BCUT2D eigenvalue weighted by atomic mass is 35.5. The standard InChI is InChI=1S/C31H37Cl2N3O4S/c1-5-27(31(38)34-20-22(2)3)35(19-18-24-10-7-6-8-11-24)29(37)21-36(28-13-9-12-26(32)30(28)33)41(39,40)25-16-14-23(4)15-17-25/h6-17,22,27H,5,18-21H2,1-4H3,(H,34,38). The molecule has 0 radical (unpaired) electrons. The smallest absolute Gasteiger partial charge is 0.264 e. The Morgan fingerprint density at radius 1 is 0.927 bits per heavy atom. The van der Waals surface area contributed by atoms with Crippen LogP contribution in [-0.2, 0) is 26.0 Å². The van der Waals surface area contributed by atoms with E-state index in [0.717, 1.165) is 15.4 Å². The molecular formula is C31H37Cl2N3O4S. The van der Waals surface area contributed by atoms with Gasteiger partial charge in [-0.2, -0.15) is 0 Å². The summed E-state index contributed by atoms with van der Waals surface area (Å²) in [5, 5.41) is 3.09. The molecule has 0 bridgehead atoms. The Labute approximate surface area is 253 Å². The lowest BCUT2D eigenvalue weighted by Gasteiger charge is -2.33. The fraction of sp³-hybridized carbons (Fsp3) is 0.355. The summed E-state index contributed by atoms with van der Waals surface area (Å²) >= 11 is 12.8. The van der Waals surface area contributed by atoms with Crippen LogP contribution in [0.3, 0.4) is 0 Å². The van der Waals surface area contributed by atoms with Gasteiger partial charge in [-0.3, -0.25) is 13.9 Å². The molecular weight excluding hydrogens is 581 g/mol. The topological polar surface area (TPSA) is 86.8 Å². The average Bonchev–Trinajstić information content (AvgIpc) is 2.95. The molecule has 0 heterocycles. The molecule has 2 amide bonds. The number of sulfonamides is 1. The van der Waals surface area contributed by atoms with Gasteiger partial charge in [0, 0.05) is 13.1 Å². The van der Waals surface area contributed by atoms with Gasteiger partial charge in [-0.15, -0.1) is 0 Å². The first-order chi connectivity index (χ1) is 19.4. The van der Waals surface area contributed by atoms with Gasteiger partial charge in [0.25, 0.3) is 10.0 Å². The van der Waals surface area contributed by atoms with Gasteiger partial charge in [0.2, 0.25) is 11.8 Å². The summed E-state index contributed by atoms with van der Waals surface area (Å²) < 4.78 is 28.9. The number of carbonyl (C=O) groups excluding carboxylic acids is 2. The molecule has 3 aromatic carbocycles. The Hall–Kier alpha value is -3.07. The predicted molar refractivity (Wildman–Crippen MR) is 166 cm³/mol. The van der Waals surface area contributed by atoms with Crippen molar-refractivity contribution in [3.63, 3.8) is 0 Å². The SMILES string of the molecule is CCC(C(=O)NCC(C)C)N(CCc1ccccc1)C(=O)CN(c1cccc(Cl)c1Cl)S(=O)(=O)c1ccc(C)cc1.